The van der Waals surface area contributed by atoms with Gasteiger partial charge in [0, 0.05) is 25.2 Å². The minimum atomic E-state index is 0.298. The summed E-state index contributed by atoms with van der Waals surface area (Å²) >= 11 is 0. The molecule has 3 unspecified atom stereocenters. The molecule has 3 nitrogen and oxygen atoms in total. The summed E-state index contributed by atoms with van der Waals surface area (Å²) in [6.45, 7) is 4.37. The van der Waals surface area contributed by atoms with Gasteiger partial charge in [0.15, 0.2) is 0 Å². The Morgan fingerprint density at radius 3 is 2.81 bits per heavy atom. The standard InChI is InChI=1S/C13H23N3/c1-9-5-4-6-12(9)13(14)8-11-7-10(2)15-16(11)3/h7,9,12-13H,4-6,8,14H2,1-3H3. The molecule has 1 heterocycles. The quantitative estimate of drug-likeness (QED) is 0.848. The Balaban J connectivity index is 2.01. The van der Waals surface area contributed by atoms with E-state index in [2.05, 4.69) is 18.1 Å². The molecule has 0 bridgehead atoms. The van der Waals surface area contributed by atoms with Gasteiger partial charge in [-0.05, 0) is 31.2 Å². The van der Waals surface area contributed by atoms with Crippen LogP contribution in [0.5, 0.6) is 0 Å². The van der Waals surface area contributed by atoms with Crippen LogP contribution in [0.4, 0.5) is 0 Å². The summed E-state index contributed by atoms with van der Waals surface area (Å²) in [6.07, 6.45) is 4.97. The van der Waals surface area contributed by atoms with Crippen molar-refractivity contribution in [2.45, 2.75) is 45.6 Å². The highest BCUT2D eigenvalue weighted by Crippen LogP contribution is 2.33. The van der Waals surface area contributed by atoms with E-state index in [0.29, 0.717) is 12.0 Å². The van der Waals surface area contributed by atoms with Crippen molar-refractivity contribution in [3.8, 4) is 0 Å². The zero-order valence-corrected chi connectivity index (χ0v) is 10.6. The SMILES string of the molecule is Cc1cc(CC(N)C2CCCC2C)n(C)n1. The van der Waals surface area contributed by atoms with E-state index in [4.69, 9.17) is 5.73 Å². The summed E-state index contributed by atoms with van der Waals surface area (Å²) in [5, 5.41) is 4.37. The van der Waals surface area contributed by atoms with E-state index in [-0.39, 0.29) is 0 Å². The Labute approximate surface area is 98.0 Å². The Kier molecular flexibility index (Phi) is 3.33. The Morgan fingerprint density at radius 2 is 2.31 bits per heavy atom. The average molecular weight is 221 g/mol. The molecule has 3 atom stereocenters. The predicted molar refractivity (Wildman–Crippen MR) is 66.1 cm³/mol. The molecule has 1 aliphatic rings. The zero-order valence-electron chi connectivity index (χ0n) is 10.6. The van der Waals surface area contributed by atoms with Gasteiger partial charge in [-0.3, -0.25) is 4.68 Å². The summed E-state index contributed by atoms with van der Waals surface area (Å²) in [5.41, 5.74) is 8.69. The molecule has 90 valence electrons. The van der Waals surface area contributed by atoms with Gasteiger partial charge in [-0.1, -0.05) is 19.8 Å². The summed E-state index contributed by atoms with van der Waals surface area (Å²) in [7, 11) is 2.01. The van der Waals surface area contributed by atoms with E-state index in [0.717, 1.165) is 18.0 Å². The number of hydrogen-bond acceptors (Lipinski definition) is 2. The molecule has 16 heavy (non-hydrogen) atoms. The van der Waals surface area contributed by atoms with E-state index < -0.39 is 0 Å². The fourth-order valence-corrected chi connectivity index (χ4v) is 3.06. The maximum atomic E-state index is 6.34. The molecule has 3 heteroatoms. The third kappa shape index (κ3) is 2.29. The third-order valence-corrected chi connectivity index (χ3v) is 4.02. The van der Waals surface area contributed by atoms with Gasteiger partial charge in [0.2, 0.25) is 0 Å². The topological polar surface area (TPSA) is 43.8 Å². The van der Waals surface area contributed by atoms with E-state index >= 15 is 0 Å². The second-order valence-electron chi connectivity index (χ2n) is 5.34. The molecule has 2 N–H and O–H groups in total. The lowest BCUT2D eigenvalue weighted by Crippen LogP contribution is -2.34. The number of rotatable bonds is 3. The van der Waals surface area contributed by atoms with Crippen LogP contribution >= 0.6 is 0 Å². The first-order valence-corrected chi connectivity index (χ1v) is 6.33. The second-order valence-corrected chi connectivity index (χ2v) is 5.34. The first kappa shape index (κ1) is 11.6. The lowest BCUT2D eigenvalue weighted by Gasteiger charge is -2.23. The van der Waals surface area contributed by atoms with Crippen molar-refractivity contribution in [3.05, 3.63) is 17.5 Å². The van der Waals surface area contributed by atoms with Crippen LogP contribution in [-0.2, 0) is 13.5 Å². The van der Waals surface area contributed by atoms with Crippen LogP contribution in [-0.4, -0.2) is 15.8 Å². The van der Waals surface area contributed by atoms with Crippen LogP contribution in [0, 0.1) is 18.8 Å². The first-order valence-electron chi connectivity index (χ1n) is 6.33. The zero-order chi connectivity index (χ0) is 11.7. The van der Waals surface area contributed by atoms with Crippen LogP contribution in [0.15, 0.2) is 6.07 Å². The fourth-order valence-electron chi connectivity index (χ4n) is 3.06. The molecule has 0 amide bonds. The summed E-state index contributed by atoms with van der Waals surface area (Å²) in [5.74, 6) is 1.50. The highest BCUT2D eigenvalue weighted by molar-refractivity contribution is 5.10. The fraction of sp³-hybridized carbons (Fsp3) is 0.769. The maximum absolute atomic E-state index is 6.34. The van der Waals surface area contributed by atoms with E-state index in [1.54, 1.807) is 0 Å². The maximum Gasteiger partial charge on any atom is 0.0596 e. The van der Waals surface area contributed by atoms with Crippen LogP contribution < -0.4 is 5.73 Å². The van der Waals surface area contributed by atoms with Crippen molar-refractivity contribution < 1.29 is 0 Å². The molecule has 1 fully saturated rings. The highest BCUT2D eigenvalue weighted by Gasteiger charge is 2.29. The van der Waals surface area contributed by atoms with Gasteiger partial charge in [0.1, 0.15) is 0 Å². The van der Waals surface area contributed by atoms with Gasteiger partial charge in [-0.15, -0.1) is 0 Å². The monoisotopic (exact) mass is 221 g/mol. The molecule has 1 aliphatic carbocycles. The van der Waals surface area contributed by atoms with Crippen LogP contribution in [0.1, 0.15) is 37.6 Å². The molecular formula is C13H23N3. The molecule has 0 aromatic carbocycles. The average Bonchev–Trinajstić information content (AvgIpc) is 2.74. The molecule has 1 aromatic heterocycles. The van der Waals surface area contributed by atoms with Gasteiger partial charge in [-0.2, -0.15) is 5.10 Å². The Bertz CT molecular complexity index is 356. The van der Waals surface area contributed by atoms with Gasteiger partial charge in [0.05, 0.1) is 5.69 Å². The van der Waals surface area contributed by atoms with Crippen LogP contribution in [0.3, 0.4) is 0 Å². The Morgan fingerprint density at radius 1 is 1.56 bits per heavy atom. The molecule has 0 spiro atoms. The highest BCUT2D eigenvalue weighted by atomic mass is 15.3. The summed E-state index contributed by atoms with van der Waals surface area (Å²) in [6, 6.07) is 2.45. The molecule has 2 rings (SSSR count). The van der Waals surface area contributed by atoms with Crippen LogP contribution in [0.2, 0.25) is 0 Å². The number of nitrogens with two attached hydrogens (primary N) is 1. The van der Waals surface area contributed by atoms with Crippen LogP contribution in [0.25, 0.3) is 0 Å². The van der Waals surface area contributed by atoms with Gasteiger partial charge in [-0.25, -0.2) is 0 Å². The molecule has 1 aromatic rings. The van der Waals surface area contributed by atoms with Gasteiger partial charge in [0.25, 0.3) is 0 Å². The molecule has 1 saturated carbocycles. The molecule has 0 aliphatic heterocycles. The predicted octanol–water partition coefficient (Wildman–Crippen LogP) is 2.03. The van der Waals surface area contributed by atoms with E-state index in [9.17, 15) is 0 Å². The van der Waals surface area contributed by atoms with Crippen molar-refractivity contribution in [2.75, 3.05) is 0 Å². The van der Waals surface area contributed by atoms with Crippen molar-refractivity contribution in [1.29, 1.82) is 0 Å². The summed E-state index contributed by atoms with van der Waals surface area (Å²) < 4.78 is 1.97. The van der Waals surface area contributed by atoms with Gasteiger partial charge < -0.3 is 5.73 Å². The molecule has 0 saturated heterocycles. The number of nitrogens with zero attached hydrogens (tertiary/aromatic N) is 2. The molecule has 0 radical (unpaired) electrons. The number of hydrogen-bond donors (Lipinski definition) is 1. The second kappa shape index (κ2) is 4.58. The number of aryl methyl sites for hydroxylation is 2. The van der Waals surface area contributed by atoms with Crippen molar-refractivity contribution >= 4 is 0 Å². The van der Waals surface area contributed by atoms with Crippen molar-refractivity contribution in [1.82, 2.24) is 9.78 Å². The first-order chi connectivity index (χ1) is 7.58. The lowest BCUT2D eigenvalue weighted by molar-refractivity contribution is 0.339. The van der Waals surface area contributed by atoms with E-state index in [1.165, 1.54) is 25.0 Å². The normalized spacial score (nSPS) is 27.2. The van der Waals surface area contributed by atoms with E-state index in [1.807, 2.05) is 18.7 Å². The third-order valence-electron chi connectivity index (χ3n) is 4.02. The van der Waals surface area contributed by atoms with Crippen molar-refractivity contribution in [3.63, 3.8) is 0 Å². The summed E-state index contributed by atoms with van der Waals surface area (Å²) in [4.78, 5) is 0. The van der Waals surface area contributed by atoms with Crippen molar-refractivity contribution in [2.24, 2.45) is 24.6 Å². The smallest absolute Gasteiger partial charge is 0.0596 e. The lowest BCUT2D eigenvalue weighted by atomic mass is 9.88. The minimum absolute atomic E-state index is 0.298. The van der Waals surface area contributed by atoms with Gasteiger partial charge >= 0.3 is 0 Å². The Hall–Kier alpha value is -0.830. The number of aromatic nitrogens is 2. The largest absolute Gasteiger partial charge is 0.327 e. The molecular weight excluding hydrogens is 198 g/mol. The minimum Gasteiger partial charge on any atom is -0.327 e.